The highest BCUT2D eigenvalue weighted by molar-refractivity contribution is 6.36. The molecule has 0 unspecified atom stereocenters. The van der Waals surface area contributed by atoms with E-state index in [9.17, 15) is 4.79 Å². The quantitative estimate of drug-likeness (QED) is 0.837. The number of anilines is 1. The molecule has 1 aliphatic heterocycles. The van der Waals surface area contributed by atoms with Crippen LogP contribution in [0, 0.1) is 0 Å². The minimum absolute atomic E-state index is 0.136. The first kappa shape index (κ1) is 18.7. The van der Waals surface area contributed by atoms with Gasteiger partial charge in [0, 0.05) is 18.1 Å². The van der Waals surface area contributed by atoms with Crippen molar-refractivity contribution in [2.24, 2.45) is 0 Å². The number of methoxy groups -OCH3 is 1. The van der Waals surface area contributed by atoms with E-state index in [0.29, 0.717) is 22.4 Å². The summed E-state index contributed by atoms with van der Waals surface area (Å²) >= 11 is 11.9. The Balaban J connectivity index is 1.73. The molecule has 1 saturated heterocycles. The number of nitrogens with zero attached hydrogens (tertiary/aromatic N) is 4. The van der Waals surface area contributed by atoms with E-state index < -0.39 is 0 Å². The number of carbonyl (C=O) groups excluding carboxylic acids is 1. The van der Waals surface area contributed by atoms with Crippen LogP contribution in [0.4, 0.5) is 5.95 Å². The van der Waals surface area contributed by atoms with Crippen molar-refractivity contribution in [3.8, 4) is 6.01 Å². The Kier molecular flexibility index (Phi) is 6.11. The highest BCUT2D eigenvalue weighted by Crippen LogP contribution is 2.21. The number of rotatable bonds is 5. The van der Waals surface area contributed by atoms with Crippen LogP contribution in [0.5, 0.6) is 6.01 Å². The molecule has 26 heavy (non-hydrogen) atoms. The number of amides is 1. The number of halogens is 2. The summed E-state index contributed by atoms with van der Waals surface area (Å²) in [6.45, 7) is 1.94. The minimum Gasteiger partial charge on any atom is -0.467 e. The van der Waals surface area contributed by atoms with Gasteiger partial charge < -0.3 is 15.0 Å². The second-order valence-corrected chi connectivity index (χ2v) is 6.74. The predicted octanol–water partition coefficient (Wildman–Crippen LogP) is 3.11. The minimum atomic E-state index is -0.328. The Labute approximate surface area is 161 Å². The van der Waals surface area contributed by atoms with Crippen molar-refractivity contribution < 1.29 is 9.53 Å². The highest BCUT2D eigenvalue weighted by atomic mass is 35.5. The maximum absolute atomic E-state index is 12.3. The Bertz CT molecular complexity index is 797. The number of nitrogens with one attached hydrogen (secondary N) is 1. The second kappa shape index (κ2) is 8.51. The number of aromatic nitrogens is 3. The summed E-state index contributed by atoms with van der Waals surface area (Å²) in [5, 5.41) is 3.52. The predicted molar refractivity (Wildman–Crippen MR) is 100 cm³/mol. The van der Waals surface area contributed by atoms with Crippen LogP contribution in [0.3, 0.4) is 0 Å². The molecule has 2 aromatic rings. The number of ether oxygens (including phenoxy) is 1. The van der Waals surface area contributed by atoms with Crippen LogP contribution in [0.25, 0.3) is 0 Å². The molecule has 1 fully saturated rings. The molecule has 1 aromatic heterocycles. The molecule has 1 aromatic carbocycles. The van der Waals surface area contributed by atoms with Crippen molar-refractivity contribution in [3.05, 3.63) is 39.6 Å². The fourth-order valence-corrected chi connectivity index (χ4v) is 3.21. The molecule has 9 heteroatoms. The third kappa shape index (κ3) is 4.53. The monoisotopic (exact) mass is 395 g/mol. The van der Waals surface area contributed by atoms with Gasteiger partial charge in [-0.3, -0.25) is 4.79 Å². The lowest BCUT2D eigenvalue weighted by Gasteiger charge is -2.26. The summed E-state index contributed by atoms with van der Waals surface area (Å²) in [5.74, 6) is 0.673. The molecule has 0 radical (unpaired) electrons. The fraction of sp³-hybridized carbons (Fsp3) is 0.412. The zero-order chi connectivity index (χ0) is 18.5. The maximum Gasteiger partial charge on any atom is 0.321 e. The van der Waals surface area contributed by atoms with Gasteiger partial charge in [0.25, 0.3) is 5.91 Å². The normalized spacial score (nSPS) is 14.2. The number of hydrogen-bond acceptors (Lipinski definition) is 6. The Morgan fingerprint density at radius 2 is 1.96 bits per heavy atom. The van der Waals surface area contributed by atoms with Gasteiger partial charge in [-0.25, -0.2) is 0 Å². The van der Waals surface area contributed by atoms with Crippen LogP contribution in [0.2, 0.25) is 10.0 Å². The summed E-state index contributed by atoms with van der Waals surface area (Å²) in [6, 6.07) is 4.95. The number of piperidine rings is 1. The molecule has 1 aliphatic rings. The molecule has 0 bridgehead atoms. The van der Waals surface area contributed by atoms with Gasteiger partial charge in [0.15, 0.2) is 5.82 Å². The SMILES string of the molecule is COc1nc(CNC(=O)c2ccc(Cl)cc2Cl)nc(N2CCCCC2)n1. The van der Waals surface area contributed by atoms with E-state index in [4.69, 9.17) is 27.9 Å². The summed E-state index contributed by atoms with van der Waals surface area (Å²) in [7, 11) is 1.51. The van der Waals surface area contributed by atoms with E-state index in [1.165, 1.54) is 19.6 Å². The lowest BCUT2D eigenvalue weighted by molar-refractivity contribution is 0.0950. The van der Waals surface area contributed by atoms with E-state index in [1.54, 1.807) is 12.1 Å². The fourth-order valence-electron chi connectivity index (χ4n) is 2.72. The van der Waals surface area contributed by atoms with Crippen LogP contribution in [-0.2, 0) is 6.54 Å². The van der Waals surface area contributed by atoms with Crippen molar-refractivity contribution in [1.82, 2.24) is 20.3 Å². The summed E-state index contributed by atoms with van der Waals surface area (Å²) < 4.78 is 5.17. The molecule has 7 nitrogen and oxygen atoms in total. The Morgan fingerprint density at radius 3 is 2.65 bits per heavy atom. The van der Waals surface area contributed by atoms with Gasteiger partial charge in [-0.2, -0.15) is 15.0 Å². The third-order valence-electron chi connectivity index (χ3n) is 4.05. The maximum atomic E-state index is 12.3. The summed E-state index contributed by atoms with van der Waals surface area (Å²) in [4.78, 5) is 27.4. The number of carbonyl (C=O) groups is 1. The average Bonchev–Trinajstić information content (AvgIpc) is 2.66. The van der Waals surface area contributed by atoms with Gasteiger partial charge in [-0.1, -0.05) is 23.2 Å². The highest BCUT2D eigenvalue weighted by Gasteiger charge is 2.17. The Hall–Kier alpha value is -2.12. The van der Waals surface area contributed by atoms with Gasteiger partial charge in [0.1, 0.15) is 0 Å². The first-order valence-corrected chi connectivity index (χ1v) is 9.09. The molecule has 0 aliphatic carbocycles. The van der Waals surface area contributed by atoms with E-state index in [0.717, 1.165) is 25.9 Å². The largest absolute Gasteiger partial charge is 0.467 e. The van der Waals surface area contributed by atoms with Gasteiger partial charge >= 0.3 is 6.01 Å². The van der Waals surface area contributed by atoms with Crippen LogP contribution >= 0.6 is 23.2 Å². The van der Waals surface area contributed by atoms with Crippen LogP contribution in [-0.4, -0.2) is 41.1 Å². The standard InChI is InChI=1S/C17H19Cl2N5O2/c1-26-17-22-14(21-16(23-17)24-7-3-2-4-8-24)10-20-15(25)12-6-5-11(18)9-13(12)19/h5-6,9H,2-4,7-8,10H2,1H3,(H,20,25). The van der Waals surface area contributed by atoms with E-state index in [1.807, 2.05) is 0 Å². The van der Waals surface area contributed by atoms with E-state index >= 15 is 0 Å². The van der Waals surface area contributed by atoms with E-state index in [2.05, 4.69) is 25.2 Å². The molecule has 1 N–H and O–H groups in total. The summed E-state index contributed by atoms with van der Waals surface area (Å²) in [5.41, 5.74) is 0.341. The molecule has 0 spiro atoms. The zero-order valence-corrected chi connectivity index (χ0v) is 15.8. The molecule has 0 atom stereocenters. The first-order chi connectivity index (χ1) is 12.6. The van der Waals surface area contributed by atoms with Gasteiger partial charge in [-0.05, 0) is 37.5 Å². The molecule has 138 valence electrons. The van der Waals surface area contributed by atoms with Gasteiger partial charge in [0.2, 0.25) is 5.95 Å². The molecule has 2 heterocycles. The molecule has 0 saturated carbocycles. The first-order valence-electron chi connectivity index (χ1n) is 8.34. The van der Waals surface area contributed by atoms with Crippen LogP contribution in [0.1, 0.15) is 35.4 Å². The van der Waals surface area contributed by atoms with Crippen molar-refractivity contribution in [2.45, 2.75) is 25.8 Å². The topological polar surface area (TPSA) is 80.2 Å². The summed E-state index contributed by atoms with van der Waals surface area (Å²) in [6.07, 6.45) is 3.42. The molecular weight excluding hydrogens is 377 g/mol. The van der Waals surface area contributed by atoms with Crippen LogP contribution < -0.4 is 15.0 Å². The molecule has 1 amide bonds. The number of hydrogen-bond donors (Lipinski definition) is 1. The van der Waals surface area contributed by atoms with Gasteiger partial charge in [-0.15, -0.1) is 0 Å². The lowest BCUT2D eigenvalue weighted by Crippen LogP contribution is -2.32. The van der Waals surface area contributed by atoms with Crippen LogP contribution in [0.15, 0.2) is 18.2 Å². The van der Waals surface area contributed by atoms with Crippen molar-refractivity contribution >= 4 is 35.1 Å². The van der Waals surface area contributed by atoms with E-state index in [-0.39, 0.29) is 23.5 Å². The van der Waals surface area contributed by atoms with Crippen molar-refractivity contribution in [2.75, 3.05) is 25.1 Å². The molecular formula is C17H19Cl2N5O2. The average molecular weight is 396 g/mol. The molecule has 3 rings (SSSR count). The van der Waals surface area contributed by atoms with Crippen molar-refractivity contribution in [3.63, 3.8) is 0 Å². The number of benzene rings is 1. The van der Waals surface area contributed by atoms with Crippen molar-refractivity contribution in [1.29, 1.82) is 0 Å². The smallest absolute Gasteiger partial charge is 0.321 e. The third-order valence-corrected chi connectivity index (χ3v) is 4.60. The second-order valence-electron chi connectivity index (χ2n) is 5.89. The zero-order valence-electron chi connectivity index (χ0n) is 14.3. The lowest BCUT2D eigenvalue weighted by atomic mass is 10.1. The Morgan fingerprint density at radius 1 is 1.19 bits per heavy atom. The van der Waals surface area contributed by atoms with Gasteiger partial charge in [0.05, 0.1) is 24.2 Å².